The van der Waals surface area contributed by atoms with Gasteiger partial charge >= 0.3 is 5.63 Å². The highest BCUT2D eigenvalue weighted by atomic mass is 16.5. The van der Waals surface area contributed by atoms with Gasteiger partial charge in [-0.25, -0.2) is 4.79 Å². The van der Waals surface area contributed by atoms with Crippen LogP contribution in [0, 0.1) is 0 Å². The van der Waals surface area contributed by atoms with E-state index in [1.165, 1.54) is 6.07 Å². The number of rotatable bonds is 5. The summed E-state index contributed by atoms with van der Waals surface area (Å²) in [6.45, 7) is 0.508. The predicted octanol–water partition coefficient (Wildman–Crippen LogP) is 2.57. The first-order valence-corrected chi connectivity index (χ1v) is 8.19. The molecule has 26 heavy (non-hydrogen) atoms. The molecule has 1 aliphatic heterocycles. The van der Waals surface area contributed by atoms with Crippen molar-refractivity contribution in [3.63, 3.8) is 0 Å². The summed E-state index contributed by atoms with van der Waals surface area (Å²) >= 11 is 0. The van der Waals surface area contributed by atoms with Crippen LogP contribution < -0.4 is 15.3 Å². The molecule has 3 aromatic rings. The fraction of sp³-hybridized carbons (Fsp3) is 0.150. The first-order chi connectivity index (χ1) is 12.6. The molecule has 0 unspecified atom stereocenters. The largest absolute Gasteiger partial charge is 0.485 e. The normalized spacial score (nSPS) is 12.8. The molecule has 0 radical (unpaired) electrons. The molecule has 0 atom stereocenters. The van der Waals surface area contributed by atoms with Gasteiger partial charge in [0, 0.05) is 35.3 Å². The van der Waals surface area contributed by atoms with E-state index in [2.05, 4.69) is 0 Å². The molecule has 2 heterocycles. The molecule has 6 heteroatoms. The Morgan fingerprint density at radius 3 is 2.85 bits per heavy atom. The first-order valence-electron chi connectivity index (χ1n) is 8.19. The van der Waals surface area contributed by atoms with Crippen LogP contribution in [0.3, 0.4) is 0 Å². The van der Waals surface area contributed by atoms with Gasteiger partial charge < -0.3 is 14.1 Å². The van der Waals surface area contributed by atoms with Crippen LogP contribution in [0.2, 0.25) is 0 Å². The Labute approximate surface area is 148 Å². The number of benzene rings is 2. The van der Waals surface area contributed by atoms with Crippen molar-refractivity contribution in [2.45, 2.75) is 6.42 Å². The van der Waals surface area contributed by atoms with Crippen LogP contribution in [0.15, 0.2) is 57.7 Å². The van der Waals surface area contributed by atoms with Crippen LogP contribution in [0.25, 0.3) is 11.0 Å². The zero-order valence-electron chi connectivity index (χ0n) is 13.8. The average molecular weight is 349 g/mol. The molecule has 4 rings (SSSR count). The van der Waals surface area contributed by atoms with Gasteiger partial charge in [-0.1, -0.05) is 0 Å². The number of ether oxygens (including phenoxy) is 1. The van der Waals surface area contributed by atoms with Crippen molar-refractivity contribution in [2.24, 2.45) is 0 Å². The second-order valence-electron chi connectivity index (χ2n) is 6.06. The molecule has 130 valence electrons. The molecule has 1 aliphatic rings. The quantitative estimate of drug-likeness (QED) is 0.402. The van der Waals surface area contributed by atoms with Crippen molar-refractivity contribution < 1.29 is 18.7 Å². The summed E-state index contributed by atoms with van der Waals surface area (Å²) in [6.07, 6.45) is 1.54. The Bertz CT molecular complexity index is 1070. The molecule has 0 bridgehead atoms. The monoisotopic (exact) mass is 349 g/mol. The molecule has 2 aromatic carbocycles. The van der Waals surface area contributed by atoms with Gasteiger partial charge in [0.1, 0.15) is 11.3 Å². The van der Waals surface area contributed by atoms with Crippen molar-refractivity contribution in [2.75, 3.05) is 18.1 Å². The Balaban J connectivity index is 1.49. The smallest absolute Gasteiger partial charge is 0.336 e. The second-order valence-corrected chi connectivity index (χ2v) is 6.06. The summed E-state index contributed by atoms with van der Waals surface area (Å²) in [5, 5.41) is 0.779. The van der Waals surface area contributed by atoms with Crippen LogP contribution in [0.1, 0.15) is 15.9 Å². The maximum Gasteiger partial charge on any atom is 0.336 e. The Morgan fingerprint density at radius 1 is 1.15 bits per heavy atom. The molecular formula is C20H15NO5. The van der Waals surface area contributed by atoms with E-state index in [0.717, 1.165) is 29.5 Å². The Kier molecular flexibility index (Phi) is 4.01. The highest BCUT2D eigenvalue weighted by Crippen LogP contribution is 2.28. The lowest BCUT2D eigenvalue weighted by atomic mass is 10.1. The van der Waals surface area contributed by atoms with Gasteiger partial charge in [-0.15, -0.1) is 0 Å². The van der Waals surface area contributed by atoms with Gasteiger partial charge in [-0.05, 0) is 48.4 Å². The molecular weight excluding hydrogens is 334 g/mol. The fourth-order valence-corrected chi connectivity index (χ4v) is 3.07. The average Bonchev–Trinajstić information content (AvgIpc) is 3.08. The summed E-state index contributed by atoms with van der Waals surface area (Å²) in [5.41, 5.74) is 2.35. The molecule has 1 amide bonds. The molecule has 0 fully saturated rings. The number of nitrogens with zero attached hydrogens (tertiary/aromatic N) is 1. The van der Waals surface area contributed by atoms with Crippen molar-refractivity contribution in [1.82, 2.24) is 0 Å². The lowest BCUT2D eigenvalue weighted by Crippen LogP contribution is -2.17. The zero-order chi connectivity index (χ0) is 18.1. The van der Waals surface area contributed by atoms with Gasteiger partial charge in [0.05, 0.1) is 0 Å². The molecule has 0 spiro atoms. The van der Waals surface area contributed by atoms with E-state index in [0.29, 0.717) is 23.4 Å². The molecule has 0 aliphatic carbocycles. The Hall–Kier alpha value is -3.41. The lowest BCUT2D eigenvalue weighted by molar-refractivity contribution is -0.107. The third kappa shape index (κ3) is 2.97. The minimum atomic E-state index is -0.437. The van der Waals surface area contributed by atoms with Crippen LogP contribution in [-0.2, 0) is 11.2 Å². The number of hydrogen-bond acceptors (Lipinski definition) is 5. The lowest BCUT2D eigenvalue weighted by Gasteiger charge is -2.10. The fourth-order valence-electron chi connectivity index (χ4n) is 3.07. The van der Waals surface area contributed by atoms with Gasteiger partial charge in [0.25, 0.3) is 0 Å². The van der Waals surface area contributed by atoms with E-state index in [9.17, 15) is 14.4 Å². The molecule has 1 aromatic heterocycles. The van der Waals surface area contributed by atoms with E-state index in [1.54, 1.807) is 41.3 Å². The van der Waals surface area contributed by atoms with E-state index in [-0.39, 0.29) is 12.4 Å². The van der Waals surface area contributed by atoms with Gasteiger partial charge in [0.2, 0.25) is 6.41 Å². The molecule has 0 N–H and O–H groups in total. The number of carbonyl (C=O) groups is 2. The standard InChI is InChI=1S/C20H15NO5/c22-12-21-8-7-14-9-15(2-5-17(14)21)18(23)11-25-16-4-1-13-3-6-20(24)26-19(13)10-16/h1-6,9-10,12H,7-8,11H2. The summed E-state index contributed by atoms with van der Waals surface area (Å²) < 4.78 is 10.7. The van der Waals surface area contributed by atoms with Crippen LogP contribution >= 0.6 is 0 Å². The highest BCUT2D eigenvalue weighted by molar-refractivity contribution is 5.98. The van der Waals surface area contributed by atoms with Gasteiger partial charge in [0.15, 0.2) is 12.4 Å². The molecule has 0 saturated carbocycles. The Morgan fingerprint density at radius 2 is 2.00 bits per heavy atom. The van der Waals surface area contributed by atoms with E-state index in [4.69, 9.17) is 9.15 Å². The van der Waals surface area contributed by atoms with Crippen molar-refractivity contribution in [3.05, 3.63) is 70.1 Å². The van der Waals surface area contributed by atoms with Crippen molar-refractivity contribution in [3.8, 4) is 5.75 Å². The second kappa shape index (κ2) is 6.48. The number of ketones is 1. The maximum atomic E-state index is 12.4. The molecule has 0 saturated heterocycles. The topological polar surface area (TPSA) is 76.8 Å². The van der Waals surface area contributed by atoms with Crippen LogP contribution in [-0.4, -0.2) is 25.3 Å². The third-order valence-corrected chi connectivity index (χ3v) is 4.42. The van der Waals surface area contributed by atoms with Gasteiger partial charge in [-0.2, -0.15) is 0 Å². The van der Waals surface area contributed by atoms with E-state index >= 15 is 0 Å². The third-order valence-electron chi connectivity index (χ3n) is 4.42. The summed E-state index contributed by atoms with van der Waals surface area (Å²) in [6, 6.07) is 13.4. The maximum absolute atomic E-state index is 12.4. The van der Waals surface area contributed by atoms with Crippen LogP contribution in [0.4, 0.5) is 5.69 Å². The van der Waals surface area contributed by atoms with Crippen molar-refractivity contribution >= 4 is 28.8 Å². The number of fused-ring (bicyclic) bond motifs is 2. The number of hydrogen-bond donors (Lipinski definition) is 0. The summed E-state index contributed by atoms with van der Waals surface area (Å²) in [4.78, 5) is 36.3. The number of anilines is 1. The number of carbonyl (C=O) groups excluding carboxylic acids is 2. The zero-order valence-corrected chi connectivity index (χ0v) is 13.8. The summed E-state index contributed by atoms with van der Waals surface area (Å²) in [5.74, 6) is 0.292. The van der Waals surface area contributed by atoms with Crippen molar-refractivity contribution in [1.29, 1.82) is 0 Å². The minimum absolute atomic E-state index is 0.126. The number of Topliss-reactive ketones (excluding diaryl/α,β-unsaturated/α-hetero) is 1. The minimum Gasteiger partial charge on any atom is -0.485 e. The van der Waals surface area contributed by atoms with Crippen LogP contribution in [0.5, 0.6) is 5.75 Å². The highest BCUT2D eigenvalue weighted by Gasteiger charge is 2.20. The van der Waals surface area contributed by atoms with E-state index < -0.39 is 5.63 Å². The van der Waals surface area contributed by atoms with Gasteiger partial charge in [-0.3, -0.25) is 9.59 Å². The van der Waals surface area contributed by atoms with E-state index in [1.807, 2.05) is 6.07 Å². The predicted molar refractivity (Wildman–Crippen MR) is 95.9 cm³/mol. The number of amides is 1. The summed E-state index contributed by atoms with van der Waals surface area (Å²) in [7, 11) is 0. The first kappa shape index (κ1) is 16.1. The molecule has 6 nitrogen and oxygen atoms in total. The SMILES string of the molecule is O=CN1CCc2cc(C(=O)COc3ccc4ccc(=O)oc4c3)ccc21.